The van der Waals surface area contributed by atoms with Crippen molar-refractivity contribution in [1.29, 1.82) is 0 Å². The molecule has 14 nitrogen and oxygen atoms in total. The second kappa shape index (κ2) is 23.1. The van der Waals surface area contributed by atoms with E-state index in [-0.39, 0.29) is 36.1 Å². The van der Waals surface area contributed by atoms with Crippen LogP contribution in [-0.2, 0) is 25.3 Å². The topological polar surface area (TPSA) is 193 Å². The second-order valence-electron chi connectivity index (χ2n) is 22.9. The third kappa shape index (κ3) is 12.2. The molecule has 2 aromatic rings. The number of hydrogen-bond acceptors (Lipinski definition) is 11. The number of rotatable bonds is 20. The Balaban J connectivity index is 0.962. The van der Waals surface area contributed by atoms with E-state index in [4.69, 9.17) is 14.0 Å². The Kier molecular flexibility index (Phi) is 17.7. The van der Waals surface area contributed by atoms with Gasteiger partial charge in [-0.3, -0.25) is 14.6 Å². The third-order valence-corrected chi connectivity index (χ3v) is 17.2. The van der Waals surface area contributed by atoms with Gasteiger partial charge in [-0.1, -0.05) is 110 Å². The predicted molar refractivity (Wildman–Crippen MR) is 265 cm³/mol. The van der Waals surface area contributed by atoms with Gasteiger partial charge in [-0.05, 0) is 109 Å². The summed E-state index contributed by atoms with van der Waals surface area (Å²) in [6.07, 6.45) is 14.1. The first-order chi connectivity index (χ1) is 32.9. The quantitative estimate of drug-likeness (QED) is 0.0659. The molecule has 5 aliphatic rings. The van der Waals surface area contributed by atoms with Crippen LogP contribution in [0.25, 0.3) is 0 Å². The molecule has 7 unspecified atom stereocenters. The van der Waals surface area contributed by atoms with Crippen LogP contribution in [0.2, 0.25) is 0 Å². The predicted octanol–water partition coefficient (Wildman–Crippen LogP) is 7.35. The van der Waals surface area contributed by atoms with Crippen molar-refractivity contribution in [1.82, 2.24) is 25.5 Å². The van der Waals surface area contributed by atoms with Crippen molar-refractivity contribution < 1.29 is 43.7 Å². The van der Waals surface area contributed by atoms with E-state index >= 15 is 0 Å². The number of aliphatic hydroxyl groups excluding tert-OH is 3. The number of likely N-dealkylation sites (N-methyl/N-ethyl adjacent to an activating group) is 1. The molecule has 1 saturated heterocycles. The number of benzene rings is 1. The number of fused-ring (bicyclic) bond motifs is 5. The van der Waals surface area contributed by atoms with E-state index in [0.717, 1.165) is 48.5 Å². The van der Waals surface area contributed by atoms with Gasteiger partial charge >= 0.3 is 13.2 Å². The molecule has 0 radical (unpaired) electrons. The lowest BCUT2D eigenvalue weighted by molar-refractivity contribution is -0.123. The van der Waals surface area contributed by atoms with Gasteiger partial charge in [0.05, 0.1) is 43.6 Å². The van der Waals surface area contributed by atoms with Crippen molar-refractivity contribution in [2.45, 2.75) is 174 Å². The Labute approximate surface area is 411 Å². The monoisotopic (exact) mass is 956 g/mol. The Hall–Kier alpha value is -3.89. The fourth-order valence-electron chi connectivity index (χ4n) is 13.6. The Morgan fingerprint density at radius 3 is 2.33 bits per heavy atom. The van der Waals surface area contributed by atoms with Crippen molar-refractivity contribution in [2.75, 3.05) is 20.2 Å². The van der Waals surface area contributed by atoms with E-state index in [9.17, 15) is 29.7 Å². The summed E-state index contributed by atoms with van der Waals surface area (Å²) in [5.74, 6) is 2.67. The lowest BCUT2D eigenvalue weighted by Crippen LogP contribution is -2.55. The number of amides is 3. The minimum Gasteiger partial charge on any atom is -0.446 e. The molecule has 14 atom stereocenters. The fourth-order valence-corrected chi connectivity index (χ4v) is 13.6. The van der Waals surface area contributed by atoms with Crippen LogP contribution < -0.4 is 10.6 Å². The number of aromatic nitrogens is 2. The summed E-state index contributed by atoms with van der Waals surface area (Å²) in [7, 11) is 0.417. The number of allylic oxidation sites excluding steroid dienone is 1. The van der Waals surface area contributed by atoms with Crippen LogP contribution in [0.1, 0.15) is 142 Å². The highest BCUT2D eigenvalue weighted by molar-refractivity contribution is 6.47. The lowest BCUT2D eigenvalue weighted by atomic mass is 9.47. The minimum atomic E-state index is -1.43. The van der Waals surface area contributed by atoms with Crippen LogP contribution in [0, 0.1) is 52.3 Å². The normalized spacial score (nSPS) is 30.8. The first-order valence-corrected chi connectivity index (χ1v) is 26.2. The minimum absolute atomic E-state index is 0.0374. The molecule has 5 N–H and O–H groups in total. The molecular formula is C54H82BN5O9. The maximum atomic E-state index is 14.1. The Bertz CT molecular complexity index is 2050. The molecule has 3 amide bonds. The van der Waals surface area contributed by atoms with Crippen LogP contribution >= 0.6 is 0 Å². The van der Waals surface area contributed by atoms with Crippen molar-refractivity contribution in [2.24, 2.45) is 52.3 Å². The van der Waals surface area contributed by atoms with E-state index in [2.05, 4.69) is 61.3 Å². The van der Waals surface area contributed by atoms with Gasteiger partial charge in [0, 0.05) is 32.3 Å². The molecule has 1 aromatic carbocycles. The summed E-state index contributed by atoms with van der Waals surface area (Å²) in [6, 6.07) is 8.26. The molecule has 2 heterocycles. The smallest absolute Gasteiger partial charge is 0.446 e. The van der Waals surface area contributed by atoms with Gasteiger partial charge < -0.3 is 44.9 Å². The van der Waals surface area contributed by atoms with Crippen LogP contribution in [0.4, 0.5) is 4.79 Å². The number of nitrogens with zero attached hydrogens (tertiary/aromatic N) is 3. The molecule has 15 heteroatoms. The SMILES string of the molecule is CC(C)CCC[C@@H](C)C1CCC2C3CC=C4C[C@@H](OC(=O)N(C)CC(O)C5OB([C@H](CC(C)C)NC(=O)[C@H](Cc6ccccc6)NC(=O)c6cnccn6)O[C@@H]5C(O)CO)CC[C@]4(C)C3CC[C@@]21C. The largest absolute Gasteiger partial charge is 0.481 e. The van der Waals surface area contributed by atoms with Gasteiger partial charge in [-0.2, -0.15) is 0 Å². The molecule has 4 fully saturated rings. The zero-order chi connectivity index (χ0) is 49.6. The summed E-state index contributed by atoms with van der Waals surface area (Å²) in [5.41, 5.74) is 2.83. The highest BCUT2D eigenvalue weighted by Crippen LogP contribution is 2.67. The van der Waals surface area contributed by atoms with E-state index in [1.165, 1.54) is 74.0 Å². The third-order valence-electron chi connectivity index (χ3n) is 17.2. The van der Waals surface area contributed by atoms with Crippen molar-refractivity contribution >= 4 is 25.0 Å². The maximum Gasteiger partial charge on any atom is 0.481 e. The van der Waals surface area contributed by atoms with E-state index in [0.29, 0.717) is 30.1 Å². The van der Waals surface area contributed by atoms with Gasteiger partial charge in [0.2, 0.25) is 5.91 Å². The molecule has 0 bridgehead atoms. The van der Waals surface area contributed by atoms with Crippen molar-refractivity contribution in [3.8, 4) is 0 Å². The molecule has 69 heavy (non-hydrogen) atoms. The van der Waals surface area contributed by atoms with E-state index < -0.39 is 68.0 Å². The van der Waals surface area contributed by atoms with Gasteiger partial charge in [0.1, 0.15) is 23.9 Å². The molecule has 0 spiro atoms. The van der Waals surface area contributed by atoms with Crippen LogP contribution in [0.15, 0.2) is 60.6 Å². The summed E-state index contributed by atoms with van der Waals surface area (Å²) in [5, 5.41) is 38.5. The van der Waals surface area contributed by atoms with Gasteiger partial charge in [-0.15, -0.1) is 0 Å². The second-order valence-corrected chi connectivity index (χ2v) is 22.9. The molecule has 1 aliphatic heterocycles. The number of hydrogen-bond donors (Lipinski definition) is 5. The highest BCUT2D eigenvalue weighted by Gasteiger charge is 2.59. The summed E-state index contributed by atoms with van der Waals surface area (Å²) >= 11 is 0. The van der Waals surface area contributed by atoms with Crippen LogP contribution in [0.3, 0.4) is 0 Å². The van der Waals surface area contributed by atoms with Gasteiger partial charge in [-0.25, -0.2) is 9.78 Å². The summed E-state index contributed by atoms with van der Waals surface area (Å²) < 4.78 is 18.7. The first kappa shape index (κ1) is 52.9. The number of carbonyl (C=O) groups excluding carboxylic acids is 3. The molecular weight excluding hydrogens is 873 g/mol. The standard InChI is InChI=1S/C54H82BN5O9/c1-33(2)13-12-14-35(5)40-19-20-41-39-18-17-37-29-38(21-23-53(37,6)42(39)22-24-54(40,41)7)67-52(66)60(8)31-45(62)48-49(46(63)32-61)69-55(68-48)47(27-34(3)4)59-50(64)43(28-36-15-10-9-11-16-36)58-51(65)44-30-56-25-26-57-44/h9-11,15-17,25-26,30,33-35,38-43,45-49,61-63H,12-14,18-24,27-29,31-32H2,1-8H3,(H,58,65)(H,59,64)/t35-,38+,39?,40?,41?,42?,43+,45?,46?,47+,48?,49-,53+,54-/m1/s1. The van der Waals surface area contributed by atoms with E-state index in [1.54, 1.807) is 7.05 Å². The average Bonchev–Trinajstić information content (AvgIpc) is 3.93. The van der Waals surface area contributed by atoms with Gasteiger partial charge in [0.15, 0.2) is 0 Å². The highest BCUT2D eigenvalue weighted by atomic mass is 16.7. The number of ether oxygens (including phenoxy) is 1. The number of aliphatic hydroxyl groups is 3. The molecule has 1 aromatic heterocycles. The zero-order valence-corrected chi connectivity index (χ0v) is 42.6. The summed E-state index contributed by atoms with van der Waals surface area (Å²) in [6.45, 7) is 15.4. The first-order valence-electron chi connectivity index (χ1n) is 26.2. The molecule has 3 saturated carbocycles. The maximum absolute atomic E-state index is 14.1. The molecule has 7 rings (SSSR count). The van der Waals surface area contributed by atoms with Crippen molar-refractivity contribution in [3.05, 3.63) is 71.8 Å². The Morgan fingerprint density at radius 2 is 1.65 bits per heavy atom. The zero-order valence-electron chi connectivity index (χ0n) is 42.6. The van der Waals surface area contributed by atoms with Crippen LogP contribution in [0.5, 0.6) is 0 Å². The molecule has 380 valence electrons. The Morgan fingerprint density at radius 1 is 0.913 bits per heavy atom. The van der Waals surface area contributed by atoms with E-state index in [1.807, 2.05) is 44.2 Å². The number of nitrogens with one attached hydrogen (secondary N) is 2. The van der Waals surface area contributed by atoms with Gasteiger partial charge in [0.25, 0.3) is 5.91 Å². The fraction of sp³-hybridized carbons (Fsp3) is 0.722. The van der Waals surface area contributed by atoms with Crippen LogP contribution in [-0.4, -0.2) is 118 Å². The lowest BCUT2D eigenvalue weighted by Gasteiger charge is -2.58. The average molecular weight is 956 g/mol. The molecule has 4 aliphatic carbocycles. The number of carbonyl (C=O) groups is 3. The summed E-state index contributed by atoms with van der Waals surface area (Å²) in [4.78, 5) is 50.5. The van der Waals surface area contributed by atoms with Crippen molar-refractivity contribution in [3.63, 3.8) is 0 Å².